The van der Waals surface area contributed by atoms with Crippen molar-refractivity contribution in [2.75, 3.05) is 19.6 Å². The van der Waals surface area contributed by atoms with E-state index >= 15 is 0 Å². The predicted molar refractivity (Wildman–Crippen MR) is 66.0 cm³/mol. The van der Waals surface area contributed by atoms with E-state index in [4.69, 9.17) is 0 Å². The fourth-order valence-electron chi connectivity index (χ4n) is 2.85. The van der Waals surface area contributed by atoms with Gasteiger partial charge in [-0.1, -0.05) is 26.7 Å². The van der Waals surface area contributed by atoms with Crippen LogP contribution in [0.15, 0.2) is 0 Å². The van der Waals surface area contributed by atoms with Gasteiger partial charge in [0.15, 0.2) is 0 Å². The molecule has 2 fully saturated rings. The van der Waals surface area contributed by atoms with Crippen molar-refractivity contribution >= 4 is 0 Å². The molecule has 0 aromatic heterocycles. The number of nitrogens with zero attached hydrogens (tertiary/aromatic N) is 1. The Balaban J connectivity index is 1.72. The number of piperidine rings is 1. The maximum absolute atomic E-state index is 2.73. The first-order valence-electron chi connectivity index (χ1n) is 6.93. The van der Waals surface area contributed by atoms with Gasteiger partial charge < -0.3 is 4.90 Å². The lowest BCUT2D eigenvalue weighted by Gasteiger charge is -2.30. The summed E-state index contributed by atoms with van der Waals surface area (Å²) in [5, 5.41) is 0. The van der Waals surface area contributed by atoms with Gasteiger partial charge in [-0.15, -0.1) is 0 Å². The van der Waals surface area contributed by atoms with E-state index in [1.54, 1.807) is 0 Å². The highest BCUT2D eigenvalue weighted by Gasteiger charge is 2.43. The molecule has 1 saturated heterocycles. The second kappa shape index (κ2) is 4.86. The molecule has 0 bridgehead atoms. The zero-order chi connectivity index (χ0) is 10.7. The Kier molecular flexibility index (Phi) is 3.71. The van der Waals surface area contributed by atoms with Crippen LogP contribution in [-0.2, 0) is 0 Å². The minimum atomic E-state index is 0.765. The Hall–Kier alpha value is -0.0400. The van der Waals surface area contributed by atoms with E-state index < -0.39 is 0 Å². The summed E-state index contributed by atoms with van der Waals surface area (Å²) in [6, 6.07) is 0. The summed E-state index contributed by atoms with van der Waals surface area (Å²) in [4.78, 5) is 2.73. The van der Waals surface area contributed by atoms with Gasteiger partial charge in [0.2, 0.25) is 0 Å². The van der Waals surface area contributed by atoms with E-state index in [2.05, 4.69) is 18.7 Å². The van der Waals surface area contributed by atoms with E-state index in [1.807, 2.05) is 0 Å². The average molecular weight is 209 g/mol. The van der Waals surface area contributed by atoms with E-state index in [0.717, 1.165) is 11.3 Å². The zero-order valence-electron chi connectivity index (χ0n) is 10.6. The third-order valence-electron chi connectivity index (χ3n) is 4.22. The molecule has 1 nitrogen and oxygen atoms in total. The molecular formula is C14H27N. The molecule has 0 unspecified atom stereocenters. The molecule has 1 saturated carbocycles. The first-order valence-corrected chi connectivity index (χ1v) is 6.93. The molecule has 0 spiro atoms. The van der Waals surface area contributed by atoms with Gasteiger partial charge in [0, 0.05) is 6.54 Å². The standard InChI is InChI=1S/C14H27N/c1-13(2)6-7-14(8-9-14)12-15-10-4-3-5-11-15/h13H,3-12H2,1-2H3. The van der Waals surface area contributed by atoms with Gasteiger partial charge in [-0.25, -0.2) is 0 Å². The SMILES string of the molecule is CC(C)CCC1(CN2CCCCC2)CC1. The Morgan fingerprint density at radius 2 is 1.73 bits per heavy atom. The highest BCUT2D eigenvalue weighted by atomic mass is 15.1. The third-order valence-corrected chi connectivity index (χ3v) is 4.22. The fraction of sp³-hybridized carbons (Fsp3) is 1.00. The van der Waals surface area contributed by atoms with Crippen LogP contribution in [0.25, 0.3) is 0 Å². The molecule has 1 heterocycles. The van der Waals surface area contributed by atoms with Gasteiger partial charge in [0.1, 0.15) is 0 Å². The summed E-state index contributed by atoms with van der Waals surface area (Å²) in [5.41, 5.74) is 0.765. The van der Waals surface area contributed by atoms with Crippen molar-refractivity contribution in [3.8, 4) is 0 Å². The van der Waals surface area contributed by atoms with Gasteiger partial charge >= 0.3 is 0 Å². The molecule has 0 aromatic carbocycles. The number of hydrogen-bond acceptors (Lipinski definition) is 1. The average Bonchev–Trinajstić information content (AvgIpc) is 2.97. The van der Waals surface area contributed by atoms with Crippen molar-refractivity contribution in [1.29, 1.82) is 0 Å². The third kappa shape index (κ3) is 3.48. The summed E-state index contributed by atoms with van der Waals surface area (Å²) < 4.78 is 0. The quantitative estimate of drug-likeness (QED) is 0.667. The molecular weight excluding hydrogens is 182 g/mol. The van der Waals surface area contributed by atoms with E-state index in [-0.39, 0.29) is 0 Å². The number of likely N-dealkylation sites (tertiary alicyclic amines) is 1. The van der Waals surface area contributed by atoms with Crippen LogP contribution in [-0.4, -0.2) is 24.5 Å². The van der Waals surface area contributed by atoms with Gasteiger partial charge in [-0.05, 0) is 56.5 Å². The van der Waals surface area contributed by atoms with Crippen molar-refractivity contribution in [1.82, 2.24) is 4.90 Å². The normalized spacial score (nSPS) is 25.8. The monoisotopic (exact) mass is 209 g/mol. The molecule has 15 heavy (non-hydrogen) atoms. The Morgan fingerprint density at radius 3 is 2.27 bits per heavy atom. The summed E-state index contributed by atoms with van der Waals surface area (Å²) in [6.45, 7) is 8.89. The summed E-state index contributed by atoms with van der Waals surface area (Å²) in [6.07, 6.45) is 10.3. The minimum absolute atomic E-state index is 0.765. The van der Waals surface area contributed by atoms with Gasteiger partial charge in [0.05, 0.1) is 0 Å². The topological polar surface area (TPSA) is 3.24 Å². The van der Waals surface area contributed by atoms with Gasteiger partial charge in [0.25, 0.3) is 0 Å². The maximum atomic E-state index is 2.73. The Bertz CT molecular complexity index is 188. The first-order chi connectivity index (χ1) is 7.20. The summed E-state index contributed by atoms with van der Waals surface area (Å²) in [5.74, 6) is 0.892. The number of rotatable bonds is 5. The molecule has 1 heteroatoms. The second-order valence-electron chi connectivity index (χ2n) is 6.27. The predicted octanol–water partition coefficient (Wildman–Crippen LogP) is 3.69. The highest BCUT2D eigenvalue weighted by Crippen LogP contribution is 2.50. The van der Waals surface area contributed by atoms with Gasteiger partial charge in [-0.2, -0.15) is 0 Å². The summed E-state index contributed by atoms with van der Waals surface area (Å²) >= 11 is 0. The molecule has 0 N–H and O–H groups in total. The van der Waals surface area contributed by atoms with Crippen LogP contribution in [0.2, 0.25) is 0 Å². The van der Waals surface area contributed by atoms with Crippen LogP contribution >= 0.6 is 0 Å². The smallest absolute Gasteiger partial charge is 0.00380 e. The Labute approximate surface area is 95.2 Å². The molecule has 1 aliphatic heterocycles. The van der Waals surface area contributed by atoms with Crippen molar-refractivity contribution in [3.05, 3.63) is 0 Å². The number of hydrogen-bond donors (Lipinski definition) is 0. The molecule has 2 aliphatic rings. The zero-order valence-corrected chi connectivity index (χ0v) is 10.6. The van der Waals surface area contributed by atoms with E-state index in [9.17, 15) is 0 Å². The van der Waals surface area contributed by atoms with Crippen LogP contribution in [0.3, 0.4) is 0 Å². The van der Waals surface area contributed by atoms with Crippen molar-refractivity contribution in [2.24, 2.45) is 11.3 Å². The highest BCUT2D eigenvalue weighted by molar-refractivity contribution is 4.95. The lowest BCUT2D eigenvalue weighted by atomic mass is 9.94. The lowest BCUT2D eigenvalue weighted by Crippen LogP contribution is -2.35. The van der Waals surface area contributed by atoms with Crippen molar-refractivity contribution in [3.63, 3.8) is 0 Å². The van der Waals surface area contributed by atoms with Crippen LogP contribution < -0.4 is 0 Å². The molecule has 2 rings (SSSR count). The molecule has 0 aromatic rings. The molecule has 88 valence electrons. The van der Waals surface area contributed by atoms with Gasteiger partial charge in [-0.3, -0.25) is 0 Å². The van der Waals surface area contributed by atoms with Crippen molar-refractivity contribution in [2.45, 2.75) is 58.8 Å². The summed E-state index contributed by atoms with van der Waals surface area (Å²) in [7, 11) is 0. The van der Waals surface area contributed by atoms with E-state index in [1.165, 1.54) is 64.6 Å². The second-order valence-corrected chi connectivity index (χ2v) is 6.27. The van der Waals surface area contributed by atoms with Crippen LogP contribution in [0.1, 0.15) is 58.8 Å². The minimum Gasteiger partial charge on any atom is -0.303 e. The fourth-order valence-corrected chi connectivity index (χ4v) is 2.85. The van der Waals surface area contributed by atoms with Crippen LogP contribution in [0.4, 0.5) is 0 Å². The molecule has 0 atom stereocenters. The molecule has 1 aliphatic carbocycles. The van der Waals surface area contributed by atoms with Crippen molar-refractivity contribution < 1.29 is 0 Å². The van der Waals surface area contributed by atoms with Crippen LogP contribution in [0, 0.1) is 11.3 Å². The first kappa shape index (κ1) is 11.4. The molecule has 0 radical (unpaired) electrons. The Morgan fingerprint density at radius 1 is 1.07 bits per heavy atom. The van der Waals surface area contributed by atoms with Crippen LogP contribution in [0.5, 0.6) is 0 Å². The van der Waals surface area contributed by atoms with E-state index in [0.29, 0.717) is 0 Å². The largest absolute Gasteiger partial charge is 0.303 e. The lowest BCUT2D eigenvalue weighted by molar-refractivity contribution is 0.177. The maximum Gasteiger partial charge on any atom is 0.00380 e. The molecule has 0 amide bonds.